The highest BCUT2D eigenvalue weighted by Crippen LogP contribution is 2.68. The molecular weight excluding hydrogens is 1010 g/mol. The number of anilines is 6. The molecule has 6 aliphatic rings. The minimum atomic E-state index is -0.0187. The predicted octanol–water partition coefficient (Wildman–Crippen LogP) is 20.1. The molecule has 15 rings (SSSR count). The number of hydrogen-bond donors (Lipinski definition) is 0. The third kappa shape index (κ3) is 7.31. The minimum Gasteiger partial charge on any atom is -0.311 e. The number of nitrogens with zero attached hydrogens (tertiary/aromatic N) is 2. The van der Waals surface area contributed by atoms with E-state index >= 15 is 0 Å². The number of hydrogen-bond acceptors (Lipinski definition) is 3. The highest BCUT2D eigenvalue weighted by molar-refractivity contribution is 7.26. The molecule has 2 aliphatic heterocycles. The van der Waals surface area contributed by atoms with E-state index < -0.39 is 0 Å². The zero-order valence-corrected chi connectivity index (χ0v) is 52.3. The Labute approximate surface area is 494 Å². The van der Waals surface area contributed by atoms with Gasteiger partial charge in [0.25, 0.3) is 0 Å². The van der Waals surface area contributed by atoms with Crippen molar-refractivity contribution in [3.8, 4) is 11.1 Å². The van der Waals surface area contributed by atoms with Gasteiger partial charge in [-0.1, -0.05) is 193 Å². The average Bonchev–Trinajstić information content (AvgIpc) is 1.50. The maximum absolute atomic E-state index is 2.82. The molecule has 4 heteroatoms. The van der Waals surface area contributed by atoms with E-state index in [1.165, 1.54) is 148 Å². The fraction of sp³-hybridized carbons (Fsp3) is 0.385. The number of thiophene rings is 1. The molecular formula is C78H83BN2S. The summed E-state index contributed by atoms with van der Waals surface area (Å²) in [6.45, 7) is 35.1. The van der Waals surface area contributed by atoms with Crippen molar-refractivity contribution in [2.75, 3.05) is 9.80 Å². The first-order valence-electron chi connectivity index (χ1n) is 31.3. The van der Waals surface area contributed by atoms with Crippen LogP contribution >= 0.6 is 11.3 Å². The molecule has 2 nitrogen and oxygen atoms in total. The third-order valence-electron chi connectivity index (χ3n) is 22.8. The molecule has 8 aromatic carbocycles. The quantitative estimate of drug-likeness (QED) is 0.159. The van der Waals surface area contributed by atoms with Gasteiger partial charge in [-0.25, -0.2) is 0 Å². The fourth-order valence-electron chi connectivity index (χ4n) is 17.6. The van der Waals surface area contributed by atoms with Gasteiger partial charge in [-0.15, -0.1) is 11.3 Å². The van der Waals surface area contributed by atoms with Crippen LogP contribution in [0.1, 0.15) is 197 Å². The second-order valence-electron chi connectivity index (χ2n) is 30.6. The van der Waals surface area contributed by atoms with Crippen molar-refractivity contribution in [1.82, 2.24) is 0 Å². The van der Waals surface area contributed by atoms with Crippen molar-refractivity contribution in [1.29, 1.82) is 0 Å². The minimum absolute atomic E-state index is 0.0000101. The summed E-state index contributed by atoms with van der Waals surface area (Å²) in [6.07, 6.45) is 9.74. The first kappa shape index (κ1) is 52.4. The molecule has 3 heterocycles. The second-order valence-corrected chi connectivity index (χ2v) is 31.7. The maximum atomic E-state index is 2.82. The molecule has 0 N–H and O–H groups in total. The lowest BCUT2D eigenvalue weighted by Gasteiger charge is -2.51. The van der Waals surface area contributed by atoms with Crippen LogP contribution in [0.2, 0.25) is 0 Å². The number of aryl methyl sites for hydroxylation is 1. The largest absolute Gasteiger partial charge is 0.311 e. The predicted molar refractivity (Wildman–Crippen MR) is 355 cm³/mol. The van der Waals surface area contributed by atoms with Gasteiger partial charge in [-0.2, -0.15) is 0 Å². The van der Waals surface area contributed by atoms with E-state index in [4.69, 9.17) is 0 Å². The van der Waals surface area contributed by atoms with Crippen LogP contribution in [0.4, 0.5) is 34.1 Å². The summed E-state index contributed by atoms with van der Waals surface area (Å²) in [5, 5.41) is 2.64. The van der Waals surface area contributed by atoms with Crippen LogP contribution in [-0.4, -0.2) is 6.71 Å². The molecule has 82 heavy (non-hydrogen) atoms. The molecule has 3 unspecified atom stereocenters. The summed E-state index contributed by atoms with van der Waals surface area (Å²) >= 11 is 1.92. The summed E-state index contributed by atoms with van der Waals surface area (Å²) in [7, 11) is 0. The van der Waals surface area contributed by atoms with E-state index in [0.29, 0.717) is 5.92 Å². The van der Waals surface area contributed by atoms with Crippen molar-refractivity contribution < 1.29 is 0 Å². The van der Waals surface area contributed by atoms with E-state index in [1.54, 1.807) is 22.2 Å². The number of benzene rings is 8. The first-order valence-corrected chi connectivity index (χ1v) is 32.1. The highest BCUT2D eigenvalue weighted by atomic mass is 32.1. The van der Waals surface area contributed by atoms with E-state index in [0.717, 1.165) is 12.8 Å². The molecule has 1 saturated carbocycles. The van der Waals surface area contributed by atoms with Crippen molar-refractivity contribution in [2.24, 2.45) is 5.41 Å². The van der Waals surface area contributed by atoms with Gasteiger partial charge < -0.3 is 9.80 Å². The molecule has 0 saturated heterocycles. The van der Waals surface area contributed by atoms with Crippen molar-refractivity contribution >= 4 is 88.7 Å². The SMILES string of the molecule is Cc1cc2c3c(c1)N(c1cc4c(cc1-c1ccccc1)C(C)(C)CCC4(C)C)c1cc(N(c4ccc5c(c4)C(C)(C)CCC5(C)C)c4cccc5sc6ccccc6c45)ccc1B3c1cc(C(C)(C)C)cc3c1C2C1(C)CCCCC31C. The van der Waals surface area contributed by atoms with Gasteiger partial charge in [0.2, 0.25) is 6.71 Å². The number of fused-ring (bicyclic) bond motifs is 12. The van der Waals surface area contributed by atoms with Gasteiger partial charge in [0.1, 0.15) is 0 Å². The lowest BCUT2D eigenvalue weighted by atomic mass is 9.30. The average molecular weight is 1090 g/mol. The summed E-state index contributed by atoms with van der Waals surface area (Å²) < 4.78 is 2.65. The molecule has 1 aromatic heterocycles. The number of rotatable bonds is 5. The van der Waals surface area contributed by atoms with Crippen LogP contribution in [0, 0.1) is 12.3 Å². The molecule has 0 spiro atoms. The van der Waals surface area contributed by atoms with E-state index in [1.807, 2.05) is 11.3 Å². The monoisotopic (exact) mass is 1090 g/mol. The van der Waals surface area contributed by atoms with E-state index in [2.05, 4.69) is 252 Å². The summed E-state index contributed by atoms with van der Waals surface area (Å²) in [5.41, 5.74) is 28.6. The smallest absolute Gasteiger partial charge is 0.247 e. The Kier molecular flexibility index (Phi) is 11.1. The fourth-order valence-corrected chi connectivity index (χ4v) is 18.8. The molecule has 0 amide bonds. The molecule has 1 fully saturated rings. The van der Waals surface area contributed by atoms with E-state index in [-0.39, 0.29) is 44.6 Å². The van der Waals surface area contributed by atoms with Crippen molar-refractivity contribution in [3.63, 3.8) is 0 Å². The Bertz CT molecular complexity index is 4180. The van der Waals surface area contributed by atoms with Gasteiger partial charge in [0, 0.05) is 54.4 Å². The normalized spacial score (nSPS) is 22.9. The molecule has 3 atom stereocenters. The Morgan fingerprint density at radius 3 is 1.89 bits per heavy atom. The van der Waals surface area contributed by atoms with Gasteiger partial charge in [0.15, 0.2) is 0 Å². The molecule has 0 radical (unpaired) electrons. The zero-order chi connectivity index (χ0) is 57.0. The van der Waals surface area contributed by atoms with Gasteiger partial charge in [0.05, 0.1) is 11.4 Å². The Morgan fingerprint density at radius 2 is 1.16 bits per heavy atom. The topological polar surface area (TPSA) is 6.48 Å². The zero-order valence-electron chi connectivity index (χ0n) is 51.5. The summed E-state index contributed by atoms with van der Waals surface area (Å²) in [5.74, 6) is 0.316. The molecule has 9 aromatic rings. The first-order chi connectivity index (χ1) is 38.9. The Hall–Kier alpha value is -6.36. The summed E-state index contributed by atoms with van der Waals surface area (Å²) in [4.78, 5) is 5.47. The van der Waals surface area contributed by atoms with Crippen LogP contribution in [0.15, 0.2) is 146 Å². The lowest BCUT2D eigenvalue weighted by molar-refractivity contribution is 0.0925. The summed E-state index contributed by atoms with van der Waals surface area (Å²) in [6, 6.07) is 58.9. The molecule has 414 valence electrons. The third-order valence-corrected chi connectivity index (χ3v) is 23.9. The van der Waals surface area contributed by atoms with Crippen molar-refractivity contribution in [2.45, 2.75) is 187 Å². The Morgan fingerprint density at radius 1 is 0.524 bits per heavy atom. The van der Waals surface area contributed by atoms with Crippen molar-refractivity contribution in [3.05, 3.63) is 196 Å². The van der Waals surface area contributed by atoms with Crippen LogP contribution in [0.5, 0.6) is 0 Å². The van der Waals surface area contributed by atoms with Crippen LogP contribution < -0.4 is 26.2 Å². The van der Waals surface area contributed by atoms with E-state index in [9.17, 15) is 0 Å². The van der Waals surface area contributed by atoms with Crippen LogP contribution in [0.25, 0.3) is 31.3 Å². The maximum Gasteiger partial charge on any atom is 0.247 e. The standard InChI is InChI=1S/C78H83BN2S/c1-47-39-54-70-69-59(77(13)33-20-21-34-78(70,77)14)41-49(72(2,3)4)42-61(69)79-60-32-30-51(44-64(60)81(65(40-47)71(54)79)63-46-58-57(75(9,10)37-38-76(58,11)12)45-53(63)48-23-16-15-17-24-48)80(50-29-31-55-56(43-50)74(7,8)36-35-73(55,5)6)62-26-22-28-67-68(62)52-25-18-19-27-66(52)82-67/h15-19,22-32,39-46,70H,20-21,33-38H2,1-14H3. The van der Waals surface area contributed by atoms with Gasteiger partial charge in [-0.3, -0.25) is 0 Å². The Balaban J connectivity index is 1.08. The molecule has 4 aliphatic carbocycles. The molecule has 0 bridgehead atoms. The highest BCUT2D eigenvalue weighted by Gasteiger charge is 2.62. The van der Waals surface area contributed by atoms with Crippen LogP contribution in [0.3, 0.4) is 0 Å². The second kappa shape index (κ2) is 17.4. The lowest BCUT2D eigenvalue weighted by Crippen LogP contribution is -2.62. The van der Waals surface area contributed by atoms with Gasteiger partial charge in [-0.05, 0) is 211 Å². The van der Waals surface area contributed by atoms with Crippen LogP contribution in [-0.2, 0) is 32.5 Å². The van der Waals surface area contributed by atoms with Gasteiger partial charge >= 0.3 is 0 Å².